The minimum absolute atomic E-state index is 0.305. The molecule has 2 heterocycles. The Labute approximate surface area is 88.6 Å². The number of nitrogens with zero attached hydrogens (tertiary/aromatic N) is 2. The predicted molar refractivity (Wildman–Crippen MR) is 57.2 cm³/mol. The van der Waals surface area contributed by atoms with Crippen LogP contribution in [0.15, 0.2) is 18.3 Å². The maximum Gasteiger partial charge on any atom is 0.335 e. The molecule has 1 aromatic rings. The van der Waals surface area contributed by atoms with Crippen LogP contribution in [0.5, 0.6) is 0 Å². The minimum Gasteiger partial charge on any atom is -0.478 e. The molecule has 1 fully saturated rings. The summed E-state index contributed by atoms with van der Waals surface area (Å²) in [5, 5.41) is 8.86. The fourth-order valence-corrected chi connectivity index (χ4v) is 1.87. The second-order valence-corrected chi connectivity index (χ2v) is 4.05. The topological polar surface area (TPSA) is 53.4 Å². The van der Waals surface area contributed by atoms with Gasteiger partial charge in [-0.3, -0.25) is 0 Å². The van der Waals surface area contributed by atoms with Crippen LogP contribution in [0.4, 0.5) is 5.82 Å². The highest BCUT2D eigenvalue weighted by molar-refractivity contribution is 5.88. The van der Waals surface area contributed by atoms with Crippen LogP contribution in [0.25, 0.3) is 0 Å². The number of rotatable bonds is 2. The first kappa shape index (κ1) is 9.96. The van der Waals surface area contributed by atoms with Crippen LogP contribution in [0.2, 0.25) is 0 Å². The molecule has 1 aromatic heterocycles. The van der Waals surface area contributed by atoms with E-state index >= 15 is 0 Å². The average Bonchev–Trinajstić information content (AvgIpc) is 2.65. The number of aromatic carboxylic acids is 1. The monoisotopic (exact) mass is 206 g/mol. The zero-order valence-corrected chi connectivity index (χ0v) is 8.68. The van der Waals surface area contributed by atoms with E-state index in [1.54, 1.807) is 12.3 Å². The van der Waals surface area contributed by atoms with Gasteiger partial charge in [0.25, 0.3) is 0 Å². The molecule has 0 amide bonds. The second kappa shape index (κ2) is 3.88. The average molecular weight is 206 g/mol. The minimum atomic E-state index is -0.897. The van der Waals surface area contributed by atoms with Crippen LogP contribution in [0.1, 0.15) is 23.7 Å². The van der Waals surface area contributed by atoms with Gasteiger partial charge in [0, 0.05) is 19.3 Å². The first-order valence-electron chi connectivity index (χ1n) is 5.11. The van der Waals surface area contributed by atoms with E-state index < -0.39 is 5.97 Å². The van der Waals surface area contributed by atoms with Crippen molar-refractivity contribution in [3.05, 3.63) is 23.9 Å². The second-order valence-electron chi connectivity index (χ2n) is 4.05. The Balaban J connectivity index is 2.21. The number of hydrogen-bond acceptors (Lipinski definition) is 3. The standard InChI is InChI=1S/C11H14N2O2/c1-8-3-5-13(7-8)10-6-9(11(14)15)2-4-12-10/h2,4,6,8H,3,5,7H2,1H3,(H,14,15)/t8-/m1/s1. The Morgan fingerprint density at radius 3 is 3.07 bits per heavy atom. The summed E-state index contributed by atoms with van der Waals surface area (Å²) in [7, 11) is 0. The Morgan fingerprint density at radius 2 is 2.47 bits per heavy atom. The molecule has 0 aromatic carbocycles. The first-order chi connectivity index (χ1) is 7.16. The van der Waals surface area contributed by atoms with Crippen LogP contribution in [-0.2, 0) is 0 Å². The summed E-state index contributed by atoms with van der Waals surface area (Å²) in [6, 6.07) is 3.16. The van der Waals surface area contributed by atoms with Gasteiger partial charge in [-0.2, -0.15) is 0 Å². The molecular weight excluding hydrogens is 192 g/mol. The fraction of sp³-hybridized carbons (Fsp3) is 0.455. The lowest BCUT2D eigenvalue weighted by molar-refractivity contribution is 0.0697. The Kier molecular flexibility index (Phi) is 2.58. The van der Waals surface area contributed by atoms with Crippen molar-refractivity contribution in [3.8, 4) is 0 Å². The van der Waals surface area contributed by atoms with Gasteiger partial charge in [0.1, 0.15) is 5.82 Å². The molecule has 0 spiro atoms. The summed E-state index contributed by atoms with van der Waals surface area (Å²) in [5.41, 5.74) is 0.305. The molecule has 1 saturated heterocycles. The molecule has 15 heavy (non-hydrogen) atoms. The molecule has 4 nitrogen and oxygen atoms in total. The highest BCUT2D eigenvalue weighted by Gasteiger charge is 2.20. The van der Waals surface area contributed by atoms with Crippen LogP contribution in [0, 0.1) is 5.92 Å². The normalized spacial score (nSPS) is 20.6. The van der Waals surface area contributed by atoms with Crippen molar-refractivity contribution in [2.75, 3.05) is 18.0 Å². The zero-order valence-electron chi connectivity index (χ0n) is 8.68. The Hall–Kier alpha value is -1.58. The molecule has 1 atom stereocenters. The van der Waals surface area contributed by atoms with E-state index in [0.29, 0.717) is 11.5 Å². The number of aromatic nitrogens is 1. The summed E-state index contributed by atoms with van der Waals surface area (Å²) < 4.78 is 0. The first-order valence-corrected chi connectivity index (χ1v) is 5.11. The van der Waals surface area contributed by atoms with Gasteiger partial charge in [-0.05, 0) is 24.5 Å². The molecule has 1 N–H and O–H groups in total. The third-order valence-electron chi connectivity index (χ3n) is 2.74. The van der Waals surface area contributed by atoms with Crippen molar-refractivity contribution in [2.45, 2.75) is 13.3 Å². The van der Waals surface area contributed by atoms with E-state index in [0.717, 1.165) is 25.3 Å². The third-order valence-corrected chi connectivity index (χ3v) is 2.74. The van der Waals surface area contributed by atoms with Crippen LogP contribution in [-0.4, -0.2) is 29.1 Å². The van der Waals surface area contributed by atoms with Crippen molar-refractivity contribution in [2.24, 2.45) is 5.92 Å². The number of hydrogen-bond donors (Lipinski definition) is 1. The highest BCUT2D eigenvalue weighted by Crippen LogP contribution is 2.21. The van der Waals surface area contributed by atoms with Crippen molar-refractivity contribution in [3.63, 3.8) is 0 Å². The lowest BCUT2D eigenvalue weighted by Crippen LogP contribution is -2.20. The third kappa shape index (κ3) is 2.09. The van der Waals surface area contributed by atoms with E-state index in [4.69, 9.17) is 5.11 Å². The van der Waals surface area contributed by atoms with Gasteiger partial charge in [0.2, 0.25) is 0 Å². The smallest absolute Gasteiger partial charge is 0.335 e. The van der Waals surface area contributed by atoms with Gasteiger partial charge in [-0.25, -0.2) is 9.78 Å². The maximum atomic E-state index is 10.8. The van der Waals surface area contributed by atoms with Gasteiger partial charge in [-0.1, -0.05) is 6.92 Å². The summed E-state index contributed by atoms with van der Waals surface area (Å²) in [6.45, 7) is 4.13. The van der Waals surface area contributed by atoms with E-state index in [1.165, 1.54) is 6.07 Å². The fourth-order valence-electron chi connectivity index (χ4n) is 1.87. The van der Waals surface area contributed by atoms with Crippen molar-refractivity contribution < 1.29 is 9.90 Å². The number of anilines is 1. The molecule has 0 radical (unpaired) electrons. The molecule has 2 rings (SSSR count). The number of carboxylic acids is 1. The number of carbonyl (C=O) groups is 1. The molecule has 0 unspecified atom stereocenters. The van der Waals surface area contributed by atoms with E-state index in [-0.39, 0.29) is 0 Å². The van der Waals surface area contributed by atoms with Gasteiger partial charge in [0.15, 0.2) is 0 Å². The van der Waals surface area contributed by atoms with Crippen molar-refractivity contribution >= 4 is 11.8 Å². The van der Waals surface area contributed by atoms with E-state index in [1.807, 2.05) is 0 Å². The number of carboxylic acid groups (broad SMARTS) is 1. The quantitative estimate of drug-likeness (QED) is 0.799. The maximum absolute atomic E-state index is 10.8. The van der Waals surface area contributed by atoms with Crippen LogP contribution < -0.4 is 4.90 Å². The van der Waals surface area contributed by atoms with Crippen molar-refractivity contribution in [1.29, 1.82) is 0 Å². The summed E-state index contributed by atoms with van der Waals surface area (Å²) in [4.78, 5) is 17.1. The van der Waals surface area contributed by atoms with Crippen LogP contribution >= 0.6 is 0 Å². The van der Waals surface area contributed by atoms with Gasteiger partial charge < -0.3 is 10.0 Å². The summed E-state index contributed by atoms with van der Waals surface area (Å²) in [5.74, 6) is 0.547. The van der Waals surface area contributed by atoms with Crippen LogP contribution in [0.3, 0.4) is 0 Å². The number of pyridine rings is 1. The van der Waals surface area contributed by atoms with Gasteiger partial charge in [0.05, 0.1) is 5.56 Å². The summed E-state index contributed by atoms with van der Waals surface area (Å²) >= 11 is 0. The molecule has 1 aliphatic heterocycles. The van der Waals surface area contributed by atoms with E-state index in [2.05, 4.69) is 16.8 Å². The Bertz CT molecular complexity index is 379. The van der Waals surface area contributed by atoms with Gasteiger partial charge in [-0.15, -0.1) is 0 Å². The largest absolute Gasteiger partial charge is 0.478 e. The summed E-state index contributed by atoms with van der Waals surface area (Å²) in [6.07, 6.45) is 2.71. The van der Waals surface area contributed by atoms with Crippen molar-refractivity contribution in [1.82, 2.24) is 4.98 Å². The zero-order chi connectivity index (χ0) is 10.8. The van der Waals surface area contributed by atoms with Gasteiger partial charge >= 0.3 is 5.97 Å². The predicted octanol–water partition coefficient (Wildman–Crippen LogP) is 1.63. The Morgan fingerprint density at radius 1 is 1.67 bits per heavy atom. The molecule has 1 aliphatic rings. The lowest BCUT2D eigenvalue weighted by Gasteiger charge is -2.16. The molecule has 80 valence electrons. The molecule has 0 bridgehead atoms. The van der Waals surface area contributed by atoms with E-state index in [9.17, 15) is 4.79 Å². The molecule has 0 aliphatic carbocycles. The molecular formula is C11H14N2O2. The molecule has 0 saturated carbocycles. The molecule has 4 heteroatoms. The highest BCUT2D eigenvalue weighted by atomic mass is 16.4. The SMILES string of the molecule is C[C@@H]1CCN(c2cc(C(=O)O)ccn2)C1. The lowest BCUT2D eigenvalue weighted by atomic mass is 10.2.